The zero-order chi connectivity index (χ0) is 28.6. The minimum Gasteiger partial charge on any atom is -0.489 e. The van der Waals surface area contributed by atoms with E-state index < -0.39 is 0 Å². The molecule has 2 heterocycles. The van der Waals surface area contributed by atoms with Gasteiger partial charge in [-0.3, -0.25) is 4.79 Å². The fourth-order valence-corrected chi connectivity index (χ4v) is 4.46. The molecule has 3 aromatic rings. The lowest BCUT2D eigenvalue weighted by Crippen LogP contribution is -2.46. The topological polar surface area (TPSA) is 118 Å². The standard InChI is InChI=1S/C30H36N8O2/c1-6-27(39)33-25-17-23(38-15-13-37(7-2)14-16-38)11-12-24(25)34-30-32-19-22(18-31)29(36-30)35-28-21(5)9-8-10-26(28)40-20(3)4/h6,8-12,17,19-20H,1,7,13-16H2,2-5H3,(H,33,39)(H2,32,34,35,36). The summed E-state index contributed by atoms with van der Waals surface area (Å²) in [5.74, 6) is 0.943. The van der Waals surface area contributed by atoms with E-state index in [2.05, 4.69) is 55.3 Å². The summed E-state index contributed by atoms with van der Waals surface area (Å²) in [6.45, 7) is 16.5. The van der Waals surface area contributed by atoms with E-state index in [-0.39, 0.29) is 23.5 Å². The smallest absolute Gasteiger partial charge is 0.247 e. The van der Waals surface area contributed by atoms with Crippen LogP contribution in [-0.2, 0) is 4.79 Å². The van der Waals surface area contributed by atoms with Gasteiger partial charge < -0.3 is 30.5 Å². The molecule has 1 saturated heterocycles. The van der Waals surface area contributed by atoms with Gasteiger partial charge in [0.25, 0.3) is 0 Å². The molecule has 0 unspecified atom stereocenters. The van der Waals surface area contributed by atoms with Crippen molar-refractivity contribution in [3.63, 3.8) is 0 Å². The zero-order valence-electron chi connectivity index (χ0n) is 23.5. The highest BCUT2D eigenvalue weighted by Crippen LogP contribution is 2.34. The summed E-state index contributed by atoms with van der Waals surface area (Å²) >= 11 is 0. The average Bonchev–Trinajstić information content (AvgIpc) is 2.95. The molecule has 0 atom stereocenters. The van der Waals surface area contributed by atoms with Crippen LogP contribution >= 0.6 is 0 Å². The number of nitrogens with zero attached hydrogens (tertiary/aromatic N) is 5. The van der Waals surface area contributed by atoms with Gasteiger partial charge >= 0.3 is 0 Å². The molecule has 4 rings (SSSR count). The van der Waals surface area contributed by atoms with Crippen LogP contribution in [0.25, 0.3) is 0 Å². The van der Waals surface area contributed by atoms with Crippen LogP contribution in [0.1, 0.15) is 31.9 Å². The molecule has 10 heteroatoms. The predicted molar refractivity (Wildman–Crippen MR) is 160 cm³/mol. The summed E-state index contributed by atoms with van der Waals surface area (Å²) in [6, 6.07) is 13.8. The van der Waals surface area contributed by atoms with Gasteiger partial charge in [-0.15, -0.1) is 0 Å². The number of carbonyl (C=O) groups is 1. The number of benzene rings is 2. The number of piperazine rings is 1. The number of nitrogens with one attached hydrogen (secondary N) is 3. The Kier molecular flexibility index (Phi) is 9.19. The van der Waals surface area contributed by atoms with Crippen molar-refractivity contribution >= 4 is 40.4 Å². The van der Waals surface area contributed by atoms with Crippen molar-refractivity contribution in [3.8, 4) is 11.8 Å². The number of para-hydroxylation sites is 1. The van der Waals surface area contributed by atoms with Crippen molar-refractivity contribution in [3.05, 3.63) is 66.4 Å². The maximum Gasteiger partial charge on any atom is 0.247 e. The number of hydrogen-bond donors (Lipinski definition) is 3. The quantitative estimate of drug-likeness (QED) is 0.298. The van der Waals surface area contributed by atoms with E-state index in [1.54, 1.807) is 0 Å². The van der Waals surface area contributed by atoms with Crippen LogP contribution < -0.4 is 25.6 Å². The highest BCUT2D eigenvalue weighted by molar-refractivity contribution is 6.02. The van der Waals surface area contributed by atoms with Gasteiger partial charge in [-0.2, -0.15) is 10.2 Å². The Balaban J connectivity index is 1.63. The fourth-order valence-electron chi connectivity index (χ4n) is 4.46. The number of anilines is 6. The van der Waals surface area contributed by atoms with Gasteiger partial charge in [0.1, 0.15) is 17.4 Å². The first-order chi connectivity index (χ1) is 19.3. The summed E-state index contributed by atoms with van der Waals surface area (Å²) in [7, 11) is 0. The SMILES string of the molecule is C=CC(=O)Nc1cc(N2CCN(CC)CC2)ccc1Nc1ncc(C#N)c(Nc2c(C)cccc2OC(C)C)n1. The third-order valence-electron chi connectivity index (χ3n) is 6.63. The number of ether oxygens (including phenoxy) is 1. The van der Waals surface area contributed by atoms with E-state index in [1.165, 1.54) is 12.3 Å². The fraction of sp³-hybridized carbons (Fsp3) is 0.333. The second-order valence-electron chi connectivity index (χ2n) is 9.78. The molecule has 0 aliphatic carbocycles. The summed E-state index contributed by atoms with van der Waals surface area (Å²) in [5, 5.41) is 19.1. The second kappa shape index (κ2) is 13.0. The lowest BCUT2D eigenvalue weighted by Gasteiger charge is -2.35. The molecule has 1 aromatic heterocycles. The van der Waals surface area contributed by atoms with E-state index in [0.717, 1.165) is 49.7 Å². The molecule has 40 heavy (non-hydrogen) atoms. The maximum absolute atomic E-state index is 12.3. The largest absolute Gasteiger partial charge is 0.489 e. The van der Waals surface area contributed by atoms with Gasteiger partial charge in [0, 0.05) is 31.9 Å². The Hall–Kier alpha value is -4.62. The molecule has 1 aliphatic rings. The molecule has 10 nitrogen and oxygen atoms in total. The van der Waals surface area contributed by atoms with E-state index in [0.29, 0.717) is 22.9 Å². The molecule has 0 spiro atoms. The van der Waals surface area contributed by atoms with Gasteiger partial charge in [-0.05, 0) is 63.2 Å². The van der Waals surface area contributed by atoms with Crippen LogP contribution in [0.2, 0.25) is 0 Å². The number of carbonyl (C=O) groups excluding carboxylic acids is 1. The van der Waals surface area contributed by atoms with Crippen LogP contribution in [0.15, 0.2) is 55.3 Å². The predicted octanol–water partition coefficient (Wildman–Crippen LogP) is 5.20. The number of hydrogen-bond acceptors (Lipinski definition) is 9. The molecular formula is C30H36N8O2. The molecule has 3 N–H and O–H groups in total. The summed E-state index contributed by atoms with van der Waals surface area (Å²) in [4.78, 5) is 25.9. The van der Waals surface area contributed by atoms with Crippen LogP contribution in [-0.4, -0.2) is 59.6 Å². The molecule has 0 saturated carbocycles. The van der Waals surface area contributed by atoms with Crippen molar-refractivity contribution in [1.29, 1.82) is 5.26 Å². The van der Waals surface area contributed by atoms with E-state index in [9.17, 15) is 10.1 Å². The molecule has 1 fully saturated rings. The number of nitriles is 1. The van der Waals surface area contributed by atoms with Crippen LogP contribution in [0.5, 0.6) is 5.75 Å². The van der Waals surface area contributed by atoms with Gasteiger partial charge in [0.15, 0.2) is 5.82 Å². The Morgan fingerprint density at radius 1 is 1.18 bits per heavy atom. The first kappa shape index (κ1) is 28.4. The van der Waals surface area contributed by atoms with Crippen LogP contribution in [0.4, 0.5) is 34.5 Å². The number of amides is 1. The van der Waals surface area contributed by atoms with Crippen molar-refractivity contribution in [2.24, 2.45) is 0 Å². The highest BCUT2D eigenvalue weighted by atomic mass is 16.5. The van der Waals surface area contributed by atoms with E-state index >= 15 is 0 Å². The lowest BCUT2D eigenvalue weighted by atomic mass is 10.1. The van der Waals surface area contributed by atoms with Crippen molar-refractivity contribution in [2.45, 2.75) is 33.8 Å². The highest BCUT2D eigenvalue weighted by Gasteiger charge is 2.19. The maximum atomic E-state index is 12.3. The van der Waals surface area contributed by atoms with Gasteiger partial charge in [-0.1, -0.05) is 25.6 Å². The monoisotopic (exact) mass is 540 g/mol. The second-order valence-corrected chi connectivity index (χ2v) is 9.78. The molecule has 1 aliphatic heterocycles. The Morgan fingerprint density at radius 2 is 1.95 bits per heavy atom. The average molecular weight is 541 g/mol. The van der Waals surface area contributed by atoms with E-state index in [1.807, 2.05) is 57.2 Å². The van der Waals surface area contributed by atoms with Crippen molar-refractivity contribution < 1.29 is 9.53 Å². The zero-order valence-corrected chi connectivity index (χ0v) is 23.5. The summed E-state index contributed by atoms with van der Waals surface area (Å²) < 4.78 is 5.98. The number of aryl methyl sites for hydroxylation is 1. The first-order valence-corrected chi connectivity index (χ1v) is 13.4. The third-order valence-corrected chi connectivity index (χ3v) is 6.63. The van der Waals surface area contributed by atoms with Crippen LogP contribution in [0.3, 0.4) is 0 Å². The summed E-state index contributed by atoms with van der Waals surface area (Å²) in [5.41, 5.74) is 4.16. The Morgan fingerprint density at radius 3 is 2.62 bits per heavy atom. The van der Waals surface area contributed by atoms with Gasteiger partial charge in [0.2, 0.25) is 11.9 Å². The molecule has 208 valence electrons. The molecule has 0 bridgehead atoms. The molecular weight excluding hydrogens is 504 g/mol. The lowest BCUT2D eigenvalue weighted by molar-refractivity contribution is -0.111. The van der Waals surface area contributed by atoms with E-state index in [4.69, 9.17) is 4.74 Å². The first-order valence-electron chi connectivity index (χ1n) is 13.4. The minimum absolute atomic E-state index is 0.0249. The van der Waals surface area contributed by atoms with Crippen LogP contribution in [0, 0.1) is 18.3 Å². The van der Waals surface area contributed by atoms with Gasteiger partial charge in [-0.25, -0.2) is 4.98 Å². The summed E-state index contributed by atoms with van der Waals surface area (Å²) in [6.07, 6.45) is 2.67. The molecule has 1 amide bonds. The number of aromatic nitrogens is 2. The normalized spacial score (nSPS) is 13.4. The minimum atomic E-state index is -0.323. The number of likely N-dealkylation sites (N-methyl/N-ethyl adjacent to an activating group) is 1. The molecule has 0 radical (unpaired) electrons. The Bertz CT molecular complexity index is 1410. The third kappa shape index (κ3) is 6.87. The van der Waals surface area contributed by atoms with Crippen molar-refractivity contribution in [2.75, 3.05) is 53.6 Å². The van der Waals surface area contributed by atoms with Gasteiger partial charge in [0.05, 0.1) is 29.4 Å². The van der Waals surface area contributed by atoms with Crippen molar-refractivity contribution in [1.82, 2.24) is 14.9 Å². The molecule has 2 aromatic carbocycles. The Labute approximate surface area is 235 Å². The number of rotatable bonds is 10.